The molecule has 6 heteroatoms. The van der Waals surface area contributed by atoms with Crippen LogP contribution in [0.4, 0.5) is 5.69 Å². The monoisotopic (exact) mass is 545 g/mol. The Morgan fingerprint density at radius 1 is 1.03 bits per heavy atom. The van der Waals surface area contributed by atoms with Gasteiger partial charge in [-0.15, -0.1) is 0 Å². The van der Waals surface area contributed by atoms with Crippen molar-refractivity contribution in [2.45, 2.75) is 59.9 Å². The van der Waals surface area contributed by atoms with Gasteiger partial charge in [0.15, 0.2) is 0 Å². The van der Waals surface area contributed by atoms with Crippen LogP contribution in [-0.2, 0) is 15.0 Å². The Kier molecular flexibility index (Phi) is 7.94. The molecule has 1 saturated heterocycles. The van der Waals surface area contributed by atoms with Crippen molar-refractivity contribution in [2.75, 3.05) is 11.5 Å². The number of nitrogens with zero attached hydrogens (tertiary/aromatic N) is 1. The minimum Gasteiger partial charge on any atom is -0.507 e. The third kappa shape index (κ3) is 5.60. The van der Waals surface area contributed by atoms with E-state index in [9.17, 15) is 14.7 Å². The maximum Gasteiger partial charge on any atom is 0.300 e. The summed E-state index contributed by atoms with van der Waals surface area (Å²) in [5, 5.41) is 12.0. The van der Waals surface area contributed by atoms with Crippen LogP contribution in [0.15, 0.2) is 66.2 Å². The number of anilines is 1. The zero-order valence-corrected chi connectivity index (χ0v) is 24.4. The molecule has 0 spiro atoms. The number of halogens is 1. The van der Waals surface area contributed by atoms with Crippen LogP contribution in [0.5, 0.6) is 5.75 Å². The average molecular weight is 546 g/mol. The summed E-state index contributed by atoms with van der Waals surface area (Å²) in [6.07, 6.45) is 0. The lowest BCUT2D eigenvalue weighted by molar-refractivity contribution is -0.132. The minimum atomic E-state index is -0.826. The van der Waals surface area contributed by atoms with Crippen molar-refractivity contribution in [3.8, 4) is 5.75 Å². The molecule has 1 aliphatic rings. The van der Waals surface area contributed by atoms with Crippen LogP contribution >= 0.6 is 11.6 Å². The van der Waals surface area contributed by atoms with E-state index in [-0.39, 0.29) is 16.7 Å². The number of ether oxygens (including phenoxy) is 1. The van der Waals surface area contributed by atoms with Crippen molar-refractivity contribution in [2.24, 2.45) is 5.92 Å². The predicted octanol–water partition coefficient (Wildman–Crippen LogP) is 7.92. The Morgan fingerprint density at radius 2 is 1.69 bits per heavy atom. The number of carbonyl (C=O) groups excluding carboxylic acids is 2. The van der Waals surface area contributed by atoms with Crippen molar-refractivity contribution < 1.29 is 19.4 Å². The molecular formula is C33H36ClNO4. The number of aryl methyl sites for hydroxylation is 1. The van der Waals surface area contributed by atoms with Gasteiger partial charge in [0.25, 0.3) is 11.7 Å². The third-order valence-corrected chi connectivity index (χ3v) is 7.47. The number of hydrogen-bond acceptors (Lipinski definition) is 4. The minimum absolute atomic E-state index is 0.0399. The number of ketones is 1. The first kappa shape index (κ1) is 28.4. The first-order chi connectivity index (χ1) is 18.3. The number of benzene rings is 3. The topological polar surface area (TPSA) is 66.8 Å². The van der Waals surface area contributed by atoms with E-state index in [0.717, 1.165) is 16.7 Å². The maximum atomic E-state index is 13.6. The van der Waals surface area contributed by atoms with Crippen LogP contribution in [0.3, 0.4) is 0 Å². The Balaban J connectivity index is 1.89. The second-order valence-corrected chi connectivity index (χ2v) is 12.0. The summed E-state index contributed by atoms with van der Waals surface area (Å²) in [5.74, 6) is -0.591. The lowest BCUT2D eigenvalue weighted by Gasteiger charge is -2.28. The number of carbonyl (C=O) groups is 2. The van der Waals surface area contributed by atoms with Crippen molar-refractivity contribution in [1.29, 1.82) is 0 Å². The van der Waals surface area contributed by atoms with Crippen LogP contribution < -0.4 is 9.64 Å². The first-order valence-electron chi connectivity index (χ1n) is 13.2. The van der Waals surface area contributed by atoms with Crippen molar-refractivity contribution >= 4 is 34.7 Å². The highest BCUT2D eigenvalue weighted by Crippen LogP contribution is 2.44. The molecule has 1 unspecified atom stereocenters. The second-order valence-electron chi connectivity index (χ2n) is 11.6. The van der Waals surface area contributed by atoms with E-state index in [4.69, 9.17) is 16.3 Å². The largest absolute Gasteiger partial charge is 0.507 e. The van der Waals surface area contributed by atoms with Crippen molar-refractivity contribution in [1.82, 2.24) is 0 Å². The van der Waals surface area contributed by atoms with Crippen molar-refractivity contribution in [3.63, 3.8) is 0 Å². The molecule has 1 aliphatic heterocycles. The standard InChI is InChI=1S/C33H36ClNO4/c1-19(2)18-39-27-16-13-23(17-20(27)3)30(36)28-29(22-11-14-24(15-12-22)33(5,6)7)35(32(38)31(28)37)26-10-8-9-25(34)21(26)4/h8-17,19,29,36H,18H2,1-7H3/b30-28+. The highest BCUT2D eigenvalue weighted by atomic mass is 35.5. The van der Waals surface area contributed by atoms with E-state index in [0.29, 0.717) is 40.1 Å². The number of amides is 1. The summed E-state index contributed by atoms with van der Waals surface area (Å²) >= 11 is 6.42. The van der Waals surface area contributed by atoms with E-state index >= 15 is 0 Å². The maximum absolute atomic E-state index is 13.6. The summed E-state index contributed by atoms with van der Waals surface area (Å²) in [6.45, 7) is 14.8. The van der Waals surface area contributed by atoms with Gasteiger partial charge < -0.3 is 9.84 Å². The number of Topliss-reactive ketones (excluding diaryl/α,β-unsaturated/α-hetero) is 1. The summed E-state index contributed by atoms with van der Waals surface area (Å²) in [4.78, 5) is 28.6. The van der Waals surface area contributed by atoms with Crippen LogP contribution in [-0.4, -0.2) is 23.4 Å². The molecule has 5 nitrogen and oxygen atoms in total. The number of rotatable bonds is 6. The van der Waals surface area contributed by atoms with E-state index in [1.54, 1.807) is 36.4 Å². The van der Waals surface area contributed by atoms with Gasteiger partial charge in [-0.25, -0.2) is 0 Å². The van der Waals surface area contributed by atoms with Gasteiger partial charge in [-0.1, -0.05) is 76.6 Å². The fraction of sp³-hybridized carbons (Fsp3) is 0.333. The number of aliphatic hydroxyl groups excluding tert-OH is 1. The van der Waals surface area contributed by atoms with Gasteiger partial charge in [0.1, 0.15) is 11.5 Å². The van der Waals surface area contributed by atoms with Gasteiger partial charge in [0, 0.05) is 16.3 Å². The predicted molar refractivity (Wildman–Crippen MR) is 158 cm³/mol. The fourth-order valence-electron chi connectivity index (χ4n) is 4.79. The third-order valence-electron chi connectivity index (χ3n) is 7.06. The normalized spacial score (nSPS) is 17.3. The van der Waals surface area contributed by atoms with Crippen LogP contribution in [0.25, 0.3) is 5.76 Å². The Morgan fingerprint density at radius 3 is 2.28 bits per heavy atom. The Hall–Kier alpha value is -3.57. The quantitative estimate of drug-likeness (QED) is 0.194. The molecule has 4 rings (SSSR count). The highest BCUT2D eigenvalue weighted by molar-refractivity contribution is 6.52. The van der Waals surface area contributed by atoms with Gasteiger partial charge in [-0.2, -0.15) is 0 Å². The zero-order valence-electron chi connectivity index (χ0n) is 23.6. The molecule has 1 fully saturated rings. The molecule has 0 radical (unpaired) electrons. The average Bonchev–Trinajstić information content (AvgIpc) is 3.14. The van der Waals surface area contributed by atoms with Gasteiger partial charge in [-0.05, 0) is 77.8 Å². The molecule has 1 amide bonds. The van der Waals surface area contributed by atoms with E-state index < -0.39 is 17.7 Å². The second kappa shape index (κ2) is 10.9. The molecule has 204 valence electrons. The van der Waals surface area contributed by atoms with Gasteiger partial charge in [0.05, 0.1) is 18.2 Å². The summed E-state index contributed by atoms with van der Waals surface area (Å²) in [7, 11) is 0. The Labute approximate surface area is 236 Å². The molecule has 0 aliphatic carbocycles. The van der Waals surface area contributed by atoms with Crippen LogP contribution in [0.2, 0.25) is 5.02 Å². The summed E-state index contributed by atoms with van der Waals surface area (Å²) in [5.41, 5.74) is 4.29. The molecule has 1 N–H and O–H groups in total. The summed E-state index contributed by atoms with van der Waals surface area (Å²) < 4.78 is 5.89. The highest BCUT2D eigenvalue weighted by Gasteiger charge is 2.47. The molecule has 0 saturated carbocycles. The molecule has 3 aromatic carbocycles. The fourth-order valence-corrected chi connectivity index (χ4v) is 4.96. The molecule has 0 bridgehead atoms. The molecule has 0 aromatic heterocycles. The molecular weight excluding hydrogens is 510 g/mol. The Bertz CT molecular complexity index is 1450. The molecule has 1 atom stereocenters. The first-order valence-corrected chi connectivity index (χ1v) is 13.6. The lowest BCUT2D eigenvalue weighted by Crippen LogP contribution is -2.30. The van der Waals surface area contributed by atoms with E-state index in [2.05, 4.69) is 34.6 Å². The van der Waals surface area contributed by atoms with Crippen LogP contribution in [0.1, 0.15) is 68.5 Å². The number of hydrogen-bond donors (Lipinski definition) is 1. The lowest BCUT2D eigenvalue weighted by atomic mass is 9.85. The van der Waals surface area contributed by atoms with Gasteiger partial charge >= 0.3 is 0 Å². The van der Waals surface area contributed by atoms with Crippen molar-refractivity contribution in [3.05, 3.63) is 99.1 Å². The van der Waals surface area contributed by atoms with E-state index in [1.165, 1.54) is 4.90 Å². The molecule has 3 aromatic rings. The summed E-state index contributed by atoms with van der Waals surface area (Å²) in [6, 6.07) is 17.6. The van der Waals surface area contributed by atoms with Gasteiger partial charge in [0.2, 0.25) is 0 Å². The molecule has 39 heavy (non-hydrogen) atoms. The van der Waals surface area contributed by atoms with Gasteiger partial charge in [-0.3, -0.25) is 14.5 Å². The number of aliphatic hydroxyl groups is 1. The molecule has 1 heterocycles. The zero-order chi connectivity index (χ0) is 28.6. The SMILES string of the molecule is Cc1cc(/C(O)=C2\C(=O)C(=O)N(c3cccc(Cl)c3C)C2c2ccc(C(C)(C)C)cc2)ccc1OCC(C)C. The smallest absolute Gasteiger partial charge is 0.300 e. The van der Waals surface area contributed by atoms with E-state index in [1.807, 2.05) is 38.1 Å². The van der Waals surface area contributed by atoms with Crippen LogP contribution in [0, 0.1) is 19.8 Å².